The molecule has 0 fully saturated rings. The van der Waals surface area contributed by atoms with E-state index in [1.165, 1.54) is 330 Å². The van der Waals surface area contributed by atoms with Gasteiger partial charge in [-0.25, -0.2) is 9.00 Å². The molecule has 0 spiro atoms. The normalized spacial score (nSPS) is 11.9. The first-order chi connectivity index (χ1) is 33.8. The smallest absolute Gasteiger partial charge is 0.336 e. The van der Waals surface area contributed by atoms with E-state index >= 15 is 0 Å². The summed E-state index contributed by atoms with van der Waals surface area (Å²) in [5.74, 6) is -2.68. The largest absolute Gasteiger partial charge is 0.545 e. The third kappa shape index (κ3) is 34.5. The molecule has 0 bridgehead atoms. The number of hydrogen-bond acceptors (Lipinski definition) is 4. The first-order valence-electron chi connectivity index (χ1n) is 29.7. The lowest BCUT2D eigenvalue weighted by Gasteiger charge is -2.40. The van der Waals surface area contributed by atoms with Gasteiger partial charge < -0.3 is 19.5 Å². The Kier molecular flexibility index (Phi) is 43.5. The van der Waals surface area contributed by atoms with Crippen LogP contribution >= 0.6 is 0 Å². The van der Waals surface area contributed by atoms with Crippen molar-refractivity contribution in [2.75, 3.05) is 26.2 Å². The lowest BCUT2D eigenvalue weighted by molar-refractivity contribution is -0.929. The molecule has 0 aromatic heterocycles. The van der Waals surface area contributed by atoms with Crippen molar-refractivity contribution in [1.82, 2.24) is 0 Å². The van der Waals surface area contributed by atoms with Crippen LogP contribution in [-0.2, 0) is 10.8 Å². The highest BCUT2D eigenvalue weighted by Gasteiger charge is 2.26. The molecule has 0 aliphatic heterocycles. The molecule has 0 amide bonds. The highest BCUT2D eigenvalue weighted by molar-refractivity contribution is 7.85. The van der Waals surface area contributed by atoms with Crippen LogP contribution in [0.25, 0.3) is 0 Å². The van der Waals surface area contributed by atoms with Gasteiger partial charge in [0.1, 0.15) is 0 Å². The number of carboxylic acids is 2. The van der Waals surface area contributed by atoms with E-state index in [-0.39, 0.29) is 20.9 Å². The standard InChI is InChI=1S/C48H100N.C14H10O5S/c1-5-9-13-17-21-25-29-33-37-41-45-49(46-42-38-34-30-26-22-18-14-10-6-2,47-43-39-35-31-27-23-19-15-11-7-3)48-44-40-36-32-28-24-20-16-12-8-4;15-13(16)9-5-1-3-7-11(9)20(19)12-8-4-2-6-10(12)14(17)18/h5-48H2,1-4H3;1-8H,(H,15,16)(H,17,18)/q+1;/p-1. The topological polar surface area (TPSA) is 94.5 Å². The number of quaternary nitrogens is 1. The van der Waals surface area contributed by atoms with Crippen molar-refractivity contribution in [3.8, 4) is 0 Å². The van der Waals surface area contributed by atoms with Gasteiger partial charge in [0, 0.05) is 5.56 Å². The van der Waals surface area contributed by atoms with Gasteiger partial charge in [0.05, 0.1) is 58.3 Å². The van der Waals surface area contributed by atoms with Crippen LogP contribution in [0.5, 0.6) is 0 Å². The van der Waals surface area contributed by atoms with Crippen LogP contribution in [0.15, 0.2) is 58.3 Å². The summed E-state index contributed by atoms with van der Waals surface area (Å²) in [5.41, 5.74) is -0.343. The molecule has 1 N–H and O–H groups in total. The van der Waals surface area contributed by atoms with Gasteiger partial charge in [-0.05, 0) is 69.6 Å². The summed E-state index contributed by atoms with van der Waals surface area (Å²) in [6, 6.07) is 11.4. The lowest BCUT2D eigenvalue weighted by Crippen LogP contribution is -2.50. The Labute approximate surface area is 429 Å². The second-order valence-corrected chi connectivity index (χ2v) is 22.2. The van der Waals surface area contributed by atoms with Crippen molar-refractivity contribution in [2.45, 2.75) is 294 Å². The van der Waals surface area contributed by atoms with Crippen molar-refractivity contribution in [3.05, 3.63) is 59.7 Å². The van der Waals surface area contributed by atoms with Crippen LogP contribution in [0.4, 0.5) is 0 Å². The Morgan fingerprint density at radius 1 is 0.377 bits per heavy atom. The average Bonchev–Trinajstić information content (AvgIpc) is 3.36. The Morgan fingerprint density at radius 3 is 0.841 bits per heavy atom. The van der Waals surface area contributed by atoms with Crippen molar-refractivity contribution < 1.29 is 28.5 Å². The molecule has 2 aromatic carbocycles. The molecular formula is C62H109NO5S. The van der Waals surface area contributed by atoms with Gasteiger partial charge in [-0.15, -0.1) is 0 Å². The second-order valence-electron chi connectivity index (χ2n) is 20.8. The molecule has 69 heavy (non-hydrogen) atoms. The first-order valence-corrected chi connectivity index (χ1v) is 30.8. The molecule has 1 atom stereocenters. The van der Waals surface area contributed by atoms with E-state index in [1.807, 2.05) is 0 Å². The van der Waals surface area contributed by atoms with E-state index in [4.69, 9.17) is 5.11 Å². The molecule has 0 radical (unpaired) electrons. The number of benzene rings is 2. The van der Waals surface area contributed by atoms with Crippen molar-refractivity contribution >= 4 is 22.7 Å². The molecule has 6 nitrogen and oxygen atoms in total. The van der Waals surface area contributed by atoms with Crippen LogP contribution < -0.4 is 5.11 Å². The quantitative estimate of drug-likeness (QED) is 0.0527. The summed E-state index contributed by atoms with van der Waals surface area (Å²) in [6.07, 6.45) is 58.7. The summed E-state index contributed by atoms with van der Waals surface area (Å²) < 4.78 is 13.9. The van der Waals surface area contributed by atoms with Crippen molar-refractivity contribution in [3.63, 3.8) is 0 Å². The fraction of sp³-hybridized carbons (Fsp3) is 0.774. The number of carbonyl (C=O) groups is 2. The Hall–Kier alpha value is -2.51. The highest BCUT2D eigenvalue weighted by atomic mass is 32.2. The zero-order chi connectivity index (χ0) is 50.3. The van der Waals surface area contributed by atoms with E-state index < -0.39 is 22.7 Å². The van der Waals surface area contributed by atoms with Crippen molar-refractivity contribution in [1.29, 1.82) is 0 Å². The summed E-state index contributed by atoms with van der Waals surface area (Å²) in [6.45, 7) is 15.3. The molecule has 0 saturated heterocycles. The zero-order valence-corrected chi connectivity index (χ0v) is 46.5. The van der Waals surface area contributed by atoms with E-state index in [9.17, 15) is 18.9 Å². The number of aromatic carboxylic acids is 2. The fourth-order valence-corrected chi connectivity index (χ4v) is 11.5. The number of carbonyl (C=O) groups excluding carboxylic acids is 1. The minimum absolute atomic E-state index is 0.0150. The minimum Gasteiger partial charge on any atom is -0.545 e. The predicted molar refractivity (Wildman–Crippen MR) is 296 cm³/mol. The van der Waals surface area contributed by atoms with E-state index in [0.717, 1.165) is 0 Å². The number of carboxylic acid groups (broad SMARTS) is 2. The number of unbranched alkanes of at least 4 members (excludes halogenated alkanes) is 36. The van der Waals surface area contributed by atoms with E-state index in [1.54, 1.807) is 6.07 Å². The average molecular weight is 981 g/mol. The molecule has 398 valence electrons. The summed E-state index contributed by atoms with van der Waals surface area (Å²) >= 11 is 0. The monoisotopic (exact) mass is 980 g/mol. The van der Waals surface area contributed by atoms with Crippen LogP contribution in [0.3, 0.4) is 0 Å². The van der Waals surface area contributed by atoms with E-state index in [0.29, 0.717) is 0 Å². The maximum absolute atomic E-state index is 12.5. The third-order valence-electron chi connectivity index (χ3n) is 14.6. The van der Waals surface area contributed by atoms with Crippen LogP contribution in [-0.4, -0.2) is 51.9 Å². The maximum atomic E-state index is 12.5. The predicted octanol–water partition coefficient (Wildman–Crippen LogP) is 18.4. The molecular weight excluding hydrogens is 871 g/mol. The molecule has 0 heterocycles. The summed E-state index contributed by atoms with van der Waals surface area (Å²) in [4.78, 5) is 22.2. The zero-order valence-electron chi connectivity index (χ0n) is 45.7. The molecule has 1 unspecified atom stereocenters. The van der Waals surface area contributed by atoms with Gasteiger partial charge in [-0.3, -0.25) is 0 Å². The van der Waals surface area contributed by atoms with Gasteiger partial charge in [0.2, 0.25) is 0 Å². The van der Waals surface area contributed by atoms with Crippen LogP contribution in [0, 0.1) is 0 Å². The molecule has 0 saturated carbocycles. The first kappa shape index (κ1) is 64.5. The SMILES string of the molecule is CCCCCCCCCCCC[N+](CCCCCCCCCCCC)(CCCCCCCCCCCC)CCCCCCCCCCCC.O=C([O-])c1ccccc1S(=O)c1ccccc1C(=O)O. The fourth-order valence-electron chi connectivity index (χ4n) is 10.1. The Morgan fingerprint density at radius 2 is 0.594 bits per heavy atom. The maximum Gasteiger partial charge on any atom is 0.336 e. The van der Waals surface area contributed by atoms with Crippen LogP contribution in [0.1, 0.15) is 305 Å². The summed E-state index contributed by atoms with van der Waals surface area (Å²) in [7, 11) is -1.91. The number of nitrogens with zero attached hydrogens (tertiary/aromatic N) is 1. The van der Waals surface area contributed by atoms with Crippen molar-refractivity contribution in [2.24, 2.45) is 0 Å². The van der Waals surface area contributed by atoms with Crippen LogP contribution in [0.2, 0.25) is 0 Å². The number of hydrogen-bond donors (Lipinski definition) is 1. The third-order valence-corrected chi connectivity index (χ3v) is 16.1. The van der Waals surface area contributed by atoms with Gasteiger partial charge in [-0.1, -0.05) is 263 Å². The Bertz CT molecular complexity index is 1350. The summed E-state index contributed by atoms with van der Waals surface area (Å²) in [5, 5.41) is 20.1. The van der Waals surface area contributed by atoms with Gasteiger partial charge in [0.15, 0.2) is 0 Å². The molecule has 0 aliphatic carbocycles. The molecule has 2 rings (SSSR count). The Balaban J connectivity index is 0.000000976. The van der Waals surface area contributed by atoms with Gasteiger partial charge in [0.25, 0.3) is 0 Å². The molecule has 2 aromatic rings. The molecule has 7 heteroatoms. The van der Waals surface area contributed by atoms with E-state index in [2.05, 4.69) is 27.7 Å². The second kappa shape index (κ2) is 46.6. The lowest BCUT2D eigenvalue weighted by atomic mass is 10.0. The highest BCUT2D eigenvalue weighted by Crippen LogP contribution is 2.24. The van der Waals surface area contributed by atoms with Gasteiger partial charge in [-0.2, -0.15) is 0 Å². The molecule has 0 aliphatic rings. The number of rotatable bonds is 48. The minimum atomic E-state index is -1.91. The van der Waals surface area contributed by atoms with Gasteiger partial charge >= 0.3 is 5.97 Å².